The minimum Gasteiger partial charge on any atom is -0.327 e. The van der Waals surface area contributed by atoms with E-state index in [1.807, 2.05) is 12.3 Å². The van der Waals surface area contributed by atoms with Crippen LogP contribution in [0.4, 0.5) is 9.52 Å². The number of amides is 2. The summed E-state index contributed by atoms with van der Waals surface area (Å²) in [6.07, 6.45) is 0. The number of carbonyl (C=O) groups excluding carboxylic acids is 2. The lowest BCUT2D eigenvalue weighted by atomic mass is 10.1. The van der Waals surface area contributed by atoms with Gasteiger partial charge in [-0.05, 0) is 32.9 Å². The van der Waals surface area contributed by atoms with Gasteiger partial charge in [0.2, 0.25) is 5.91 Å². The Balaban J connectivity index is 2.11. The zero-order chi connectivity index (χ0) is 17.0. The summed E-state index contributed by atoms with van der Waals surface area (Å²) in [5, 5.41) is 4.95. The summed E-state index contributed by atoms with van der Waals surface area (Å²) in [5.74, 6) is -1.47. The van der Waals surface area contributed by atoms with Gasteiger partial charge in [0.05, 0.1) is 11.3 Å². The first kappa shape index (κ1) is 17.1. The lowest BCUT2D eigenvalue weighted by Gasteiger charge is -2.26. The van der Waals surface area contributed by atoms with Crippen LogP contribution in [0.2, 0.25) is 0 Å². The maximum absolute atomic E-state index is 13.8. The summed E-state index contributed by atoms with van der Waals surface area (Å²) in [6, 6.07) is 5.50. The van der Waals surface area contributed by atoms with Crippen LogP contribution in [0.3, 0.4) is 0 Å². The number of anilines is 1. The molecule has 0 spiro atoms. The van der Waals surface area contributed by atoms with Gasteiger partial charge in [0.1, 0.15) is 12.4 Å². The van der Waals surface area contributed by atoms with E-state index in [0.29, 0.717) is 5.13 Å². The zero-order valence-corrected chi connectivity index (χ0v) is 14.0. The fourth-order valence-electron chi connectivity index (χ4n) is 2.00. The van der Waals surface area contributed by atoms with E-state index in [4.69, 9.17) is 0 Å². The van der Waals surface area contributed by atoms with E-state index in [9.17, 15) is 14.0 Å². The molecule has 1 aromatic heterocycles. The van der Waals surface area contributed by atoms with Crippen molar-refractivity contribution in [2.45, 2.75) is 26.8 Å². The Hall–Kier alpha value is -2.28. The van der Waals surface area contributed by atoms with Crippen LogP contribution in [0.15, 0.2) is 29.6 Å². The maximum Gasteiger partial charge on any atom is 0.257 e. The zero-order valence-electron chi connectivity index (χ0n) is 13.2. The summed E-state index contributed by atoms with van der Waals surface area (Å²) < 4.78 is 13.8. The minimum atomic E-state index is -0.598. The predicted molar refractivity (Wildman–Crippen MR) is 88.1 cm³/mol. The average molecular weight is 335 g/mol. The molecule has 2 rings (SSSR count). The number of benzene rings is 1. The summed E-state index contributed by atoms with van der Waals surface area (Å²) in [7, 11) is 0. The van der Waals surface area contributed by atoms with E-state index in [1.165, 1.54) is 34.4 Å². The number of halogens is 1. The summed E-state index contributed by atoms with van der Waals surface area (Å²) in [6.45, 7) is 5.22. The molecular weight excluding hydrogens is 317 g/mol. The van der Waals surface area contributed by atoms with Crippen LogP contribution in [0.1, 0.15) is 29.9 Å². The van der Waals surface area contributed by atoms with Gasteiger partial charge in [0.25, 0.3) is 5.91 Å². The van der Waals surface area contributed by atoms with Gasteiger partial charge >= 0.3 is 0 Å². The molecule has 7 heteroatoms. The molecule has 1 aromatic carbocycles. The first-order valence-electron chi connectivity index (χ1n) is 7.16. The molecule has 0 aliphatic carbocycles. The molecule has 23 heavy (non-hydrogen) atoms. The van der Waals surface area contributed by atoms with Gasteiger partial charge in [-0.15, -0.1) is 11.3 Å². The molecule has 122 valence electrons. The van der Waals surface area contributed by atoms with Crippen molar-refractivity contribution in [1.29, 1.82) is 0 Å². The molecule has 0 radical (unpaired) electrons. The highest BCUT2D eigenvalue weighted by Gasteiger charge is 2.24. The monoisotopic (exact) mass is 335 g/mol. The lowest BCUT2D eigenvalue weighted by Crippen LogP contribution is -2.42. The van der Waals surface area contributed by atoms with Crippen molar-refractivity contribution in [2.75, 3.05) is 11.9 Å². The van der Waals surface area contributed by atoms with E-state index in [1.54, 1.807) is 19.9 Å². The third-order valence-corrected chi connectivity index (χ3v) is 4.04. The number of aromatic nitrogens is 1. The van der Waals surface area contributed by atoms with Crippen molar-refractivity contribution in [3.8, 4) is 0 Å². The summed E-state index contributed by atoms with van der Waals surface area (Å²) >= 11 is 1.31. The number of rotatable bonds is 5. The second-order valence-electron chi connectivity index (χ2n) is 5.35. The Morgan fingerprint density at radius 2 is 2.04 bits per heavy atom. The van der Waals surface area contributed by atoms with Gasteiger partial charge in [0.15, 0.2) is 5.13 Å². The molecule has 0 unspecified atom stereocenters. The second-order valence-corrected chi connectivity index (χ2v) is 6.21. The quantitative estimate of drug-likeness (QED) is 0.913. The fourth-order valence-corrected chi connectivity index (χ4v) is 2.71. The summed E-state index contributed by atoms with van der Waals surface area (Å²) in [5.41, 5.74) is 0.771. The molecule has 1 N–H and O–H groups in total. The second kappa shape index (κ2) is 7.32. The first-order valence-corrected chi connectivity index (χ1v) is 8.04. The summed E-state index contributed by atoms with van der Waals surface area (Å²) in [4.78, 5) is 30.1. The Morgan fingerprint density at radius 1 is 1.35 bits per heavy atom. The van der Waals surface area contributed by atoms with Gasteiger partial charge in [-0.1, -0.05) is 12.1 Å². The topological polar surface area (TPSA) is 62.3 Å². The van der Waals surface area contributed by atoms with Crippen LogP contribution in [0, 0.1) is 12.7 Å². The molecule has 0 aliphatic rings. The largest absolute Gasteiger partial charge is 0.327 e. The van der Waals surface area contributed by atoms with Crippen LogP contribution < -0.4 is 5.32 Å². The lowest BCUT2D eigenvalue weighted by molar-refractivity contribution is -0.117. The molecule has 0 fully saturated rings. The molecule has 2 amide bonds. The van der Waals surface area contributed by atoms with Crippen molar-refractivity contribution >= 4 is 28.3 Å². The van der Waals surface area contributed by atoms with Crippen LogP contribution in [0.5, 0.6) is 0 Å². The van der Waals surface area contributed by atoms with Crippen molar-refractivity contribution in [3.05, 3.63) is 46.7 Å². The molecule has 0 saturated heterocycles. The number of nitrogens with one attached hydrogen (secondary N) is 1. The standard InChI is InChI=1S/C16H18FN3O2S/c1-10(2)20(15(22)12-6-4-5-7-13(12)17)8-14(21)19-16-18-11(3)9-23-16/h4-7,9-10H,8H2,1-3H3,(H,18,19,21). The normalized spacial score (nSPS) is 10.7. The van der Waals surface area contributed by atoms with Crippen molar-refractivity contribution in [3.63, 3.8) is 0 Å². The molecule has 5 nitrogen and oxygen atoms in total. The van der Waals surface area contributed by atoms with E-state index < -0.39 is 11.7 Å². The minimum absolute atomic E-state index is 0.0425. The van der Waals surface area contributed by atoms with Crippen molar-refractivity contribution in [1.82, 2.24) is 9.88 Å². The fraction of sp³-hybridized carbons (Fsp3) is 0.312. The molecular formula is C16H18FN3O2S. The van der Waals surface area contributed by atoms with E-state index in [2.05, 4.69) is 10.3 Å². The van der Waals surface area contributed by atoms with Gasteiger partial charge in [-0.25, -0.2) is 9.37 Å². The highest BCUT2D eigenvalue weighted by atomic mass is 32.1. The maximum atomic E-state index is 13.8. The predicted octanol–water partition coefficient (Wildman–Crippen LogP) is 3.08. The number of carbonyl (C=O) groups is 2. The highest BCUT2D eigenvalue weighted by Crippen LogP contribution is 2.16. The van der Waals surface area contributed by atoms with Crippen LogP contribution >= 0.6 is 11.3 Å². The van der Waals surface area contributed by atoms with E-state index in [0.717, 1.165) is 5.69 Å². The number of nitrogens with zero attached hydrogens (tertiary/aromatic N) is 2. The van der Waals surface area contributed by atoms with Crippen LogP contribution in [-0.4, -0.2) is 34.3 Å². The molecule has 0 atom stereocenters. The van der Waals surface area contributed by atoms with Crippen LogP contribution in [0.25, 0.3) is 0 Å². The van der Waals surface area contributed by atoms with Gasteiger partial charge in [0, 0.05) is 11.4 Å². The smallest absolute Gasteiger partial charge is 0.257 e. The number of hydrogen-bond donors (Lipinski definition) is 1. The third-order valence-electron chi connectivity index (χ3n) is 3.17. The molecule has 0 saturated carbocycles. The molecule has 0 bridgehead atoms. The van der Waals surface area contributed by atoms with Gasteiger partial charge in [-0.2, -0.15) is 0 Å². The highest BCUT2D eigenvalue weighted by molar-refractivity contribution is 7.13. The number of hydrogen-bond acceptors (Lipinski definition) is 4. The Labute approximate surface area is 138 Å². The average Bonchev–Trinajstić information content (AvgIpc) is 2.89. The Morgan fingerprint density at radius 3 is 2.61 bits per heavy atom. The molecule has 0 aliphatic heterocycles. The number of aryl methyl sites for hydroxylation is 1. The van der Waals surface area contributed by atoms with E-state index >= 15 is 0 Å². The third kappa shape index (κ3) is 4.35. The van der Waals surface area contributed by atoms with E-state index in [-0.39, 0.29) is 24.1 Å². The first-order chi connectivity index (χ1) is 10.9. The number of thiazole rings is 1. The van der Waals surface area contributed by atoms with Crippen molar-refractivity contribution < 1.29 is 14.0 Å². The SMILES string of the molecule is Cc1csc(NC(=O)CN(C(=O)c2ccccc2F)C(C)C)n1. The molecule has 1 heterocycles. The van der Waals surface area contributed by atoms with Gasteiger partial charge < -0.3 is 10.2 Å². The van der Waals surface area contributed by atoms with Crippen LogP contribution in [-0.2, 0) is 4.79 Å². The van der Waals surface area contributed by atoms with Gasteiger partial charge in [-0.3, -0.25) is 9.59 Å². The van der Waals surface area contributed by atoms with Crippen molar-refractivity contribution in [2.24, 2.45) is 0 Å². The Bertz CT molecular complexity index is 715. The Kier molecular flexibility index (Phi) is 5.44. The molecule has 2 aromatic rings.